The predicted octanol–water partition coefficient (Wildman–Crippen LogP) is 2.21. The molecule has 0 spiro atoms. The summed E-state index contributed by atoms with van der Waals surface area (Å²) in [5, 5.41) is 0. The summed E-state index contributed by atoms with van der Waals surface area (Å²) < 4.78 is 5.75. The van der Waals surface area contributed by atoms with E-state index >= 15 is 0 Å². The van der Waals surface area contributed by atoms with Crippen LogP contribution in [0.1, 0.15) is 33.6 Å². The van der Waals surface area contributed by atoms with Gasteiger partial charge in [-0.1, -0.05) is 13.8 Å². The van der Waals surface area contributed by atoms with Gasteiger partial charge in [-0.2, -0.15) is 0 Å². The molecule has 1 nitrogen and oxygen atoms in total. The summed E-state index contributed by atoms with van der Waals surface area (Å²) in [6, 6.07) is 0. The minimum absolute atomic E-state index is 0.304. The van der Waals surface area contributed by atoms with Crippen LogP contribution in [0.15, 0.2) is 0 Å². The van der Waals surface area contributed by atoms with Crippen molar-refractivity contribution in [3.63, 3.8) is 0 Å². The minimum atomic E-state index is 0.304. The fourth-order valence-electron chi connectivity index (χ4n) is 3.51. The van der Waals surface area contributed by atoms with Crippen LogP contribution in [0.3, 0.4) is 0 Å². The first-order valence-corrected chi connectivity index (χ1v) is 4.73. The Hall–Kier alpha value is -0.0400. The SMILES string of the molecule is CC12OC1C[C@H]1C[C@H]2C1(C)C. The summed E-state index contributed by atoms with van der Waals surface area (Å²) >= 11 is 0. The number of ether oxygens (including phenoxy) is 1. The van der Waals surface area contributed by atoms with Crippen molar-refractivity contribution >= 4 is 0 Å². The van der Waals surface area contributed by atoms with Gasteiger partial charge in [0.1, 0.15) is 0 Å². The molecule has 1 aliphatic heterocycles. The molecule has 2 bridgehead atoms. The zero-order valence-electron chi connectivity index (χ0n) is 7.55. The lowest BCUT2D eigenvalue weighted by atomic mass is 9.46. The maximum Gasteiger partial charge on any atom is 0.0953 e. The number of hydrogen-bond donors (Lipinski definition) is 0. The van der Waals surface area contributed by atoms with E-state index in [-0.39, 0.29) is 0 Å². The summed E-state index contributed by atoms with van der Waals surface area (Å²) in [4.78, 5) is 0. The van der Waals surface area contributed by atoms with Crippen LogP contribution in [0.5, 0.6) is 0 Å². The van der Waals surface area contributed by atoms with Crippen molar-refractivity contribution in [1.82, 2.24) is 0 Å². The molecule has 4 aliphatic rings. The van der Waals surface area contributed by atoms with E-state index < -0.39 is 0 Å². The Labute approximate surface area is 68.1 Å². The maximum atomic E-state index is 5.75. The Morgan fingerprint density at radius 2 is 1.91 bits per heavy atom. The lowest BCUT2D eigenvalue weighted by Gasteiger charge is -2.57. The second-order valence-corrected chi connectivity index (χ2v) is 5.33. The quantitative estimate of drug-likeness (QED) is 0.485. The third-order valence-electron chi connectivity index (χ3n) is 4.64. The van der Waals surface area contributed by atoms with Gasteiger partial charge in [-0.3, -0.25) is 0 Å². The molecule has 2 unspecified atom stereocenters. The molecule has 4 fully saturated rings. The van der Waals surface area contributed by atoms with Crippen LogP contribution in [0.4, 0.5) is 0 Å². The van der Waals surface area contributed by atoms with Gasteiger partial charge in [0.15, 0.2) is 0 Å². The van der Waals surface area contributed by atoms with Gasteiger partial charge in [-0.05, 0) is 37.0 Å². The van der Waals surface area contributed by atoms with Crippen molar-refractivity contribution in [3.05, 3.63) is 0 Å². The van der Waals surface area contributed by atoms with E-state index in [1.54, 1.807) is 0 Å². The third kappa shape index (κ3) is 0.516. The molecule has 1 heteroatoms. The summed E-state index contributed by atoms with van der Waals surface area (Å²) in [5.74, 6) is 1.83. The van der Waals surface area contributed by atoms with E-state index in [9.17, 15) is 0 Å². The summed E-state index contributed by atoms with van der Waals surface area (Å²) in [7, 11) is 0. The Balaban J connectivity index is 1.98. The molecule has 0 aromatic heterocycles. The molecule has 4 rings (SSSR count). The Morgan fingerprint density at radius 3 is 2.36 bits per heavy atom. The van der Waals surface area contributed by atoms with Crippen molar-refractivity contribution in [2.45, 2.75) is 45.3 Å². The maximum absolute atomic E-state index is 5.75. The van der Waals surface area contributed by atoms with Crippen LogP contribution in [0, 0.1) is 17.3 Å². The van der Waals surface area contributed by atoms with E-state index in [1.165, 1.54) is 12.8 Å². The second kappa shape index (κ2) is 1.39. The van der Waals surface area contributed by atoms with E-state index in [0.717, 1.165) is 11.8 Å². The molecule has 0 aromatic rings. The smallest absolute Gasteiger partial charge is 0.0953 e. The van der Waals surface area contributed by atoms with E-state index in [0.29, 0.717) is 17.1 Å². The molecule has 0 amide bonds. The second-order valence-electron chi connectivity index (χ2n) is 5.33. The average Bonchev–Trinajstić information content (AvgIpc) is 2.58. The van der Waals surface area contributed by atoms with Crippen LogP contribution in [-0.4, -0.2) is 11.7 Å². The number of rotatable bonds is 0. The average molecular weight is 152 g/mol. The van der Waals surface area contributed by atoms with Crippen LogP contribution in [0.25, 0.3) is 0 Å². The van der Waals surface area contributed by atoms with Gasteiger partial charge < -0.3 is 4.74 Å². The summed E-state index contributed by atoms with van der Waals surface area (Å²) in [6.07, 6.45) is 3.40. The number of hydrogen-bond acceptors (Lipinski definition) is 1. The Bertz CT molecular complexity index is 216. The summed E-state index contributed by atoms with van der Waals surface area (Å²) in [5.41, 5.74) is 0.889. The molecule has 0 aromatic carbocycles. The monoisotopic (exact) mass is 152 g/mol. The van der Waals surface area contributed by atoms with E-state index in [1.807, 2.05) is 0 Å². The van der Waals surface area contributed by atoms with Crippen LogP contribution in [-0.2, 0) is 4.74 Å². The zero-order chi connectivity index (χ0) is 7.85. The first-order valence-electron chi connectivity index (χ1n) is 4.73. The standard InChI is InChI=1S/C10H16O/c1-9(2)6-4-7(9)10(3)8(5-6)11-10/h6-8H,4-5H2,1-3H3/t6-,7+,8?,10?/m1/s1. The Kier molecular flexibility index (Phi) is 0.820. The normalized spacial score (nSPS) is 63.0. The first kappa shape index (κ1) is 6.47. The lowest BCUT2D eigenvalue weighted by Crippen LogP contribution is -2.56. The van der Waals surface area contributed by atoms with Crippen molar-refractivity contribution in [2.24, 2.45) is 17.3 Å². The van der Waals surface area contributed by atoms with Gasteiger partial charge >= 0.3 is 0 Å². The lowest BCUT2D eigenvalue weighted by molar-refractivity contribution is -0.0789. The van der Waals surface area contributed by atoms with Gasteiger partial charge in [0.2, 0.25) is 0 Å². The van der Waals surface area contributed by atoms with Crippen molar-refractivity contribution in [1.29, 1.82) is 0 Å². The predicted molar refractivity (Wildman–Crippen MR) is 43.3 cm³/mol. The molecule has 0 N–H and O–H groups in total. The van der Waals surface area contributed by atoms with Crippen molar-refractivity contribution in [2.75, 3.05) is 0 Å². The highest BCUT2D eigenvalue weighted by molar-refractivity contribution is 5.20. The molecule has 11 heavy (non-hydrogen) atoms. The summed E-state index contributed by atoms with van der Waals surface area (Å²) in [6.45, 7) is 7.13. The molecule has 4 atom stereocenters. The molecule has 62 valence electrons. The highest BCUT2D eigenvalue weighted by Crippen LogP contribution is 2.70. The first-order chi connectivity index (χ1) is 5.05. The molecule has 3 aliphatic carbocycles. The van der Waals surface area contributed by atoms with Crippen LogP contribution >= 0.6 is 0 Å². The van der Waals surface area contributed by atoms with Gasteiger partial charge in [-0.25, -0.2) is 0 Å². The van der Waals surface area contributed by atoms with Crippen molar-refractivity contribution < 1.29 is 4.74 Å². The van der Waals surface area contributed by atoms with E-state index in [4.69, 9.17) is 4.74 Å². The fourth-order valence-corrected chi connectivity index (χ4v) is 3.51. The largest absolute Gasteiger partial charge is 0.366 e. The molecule has 0 radical (unpaired) electrons. The fraction of sp³-hybridized carbons (Fsp3) is 1.00. The van der Waals surface area contributed by atoms with E-state index in [2.05, 4.69) is 20.8 Å². The van der Waals surface area contributed by atoms with Crippen molar-refractivity contribution in [3.8, 4) is 0 Å². The zero-order valence-corrected chi connectivity index (χ0v) is 7.55. The van der Waals surface area contributed by atoms with Crippen LogP contribution < -0.4 is 0 Å². The highest BCUT2D eigenvalue weighted by atomic mass is 16.6. The third-order valence-corrected chi connectivity index (χ3v) is 4.64. The molecular weight excluding hydrogens is 136 g/mol. The topological polar surface area (TPSA) is 12.5 Å². The molecule has 1 saturated heterocycles. The molecular formula is C10H16O. The van der Waals surface area contributed by atoms with Gasteiger partial charge in [0, 0.05) is 0 Å². The number of epoxide rings is 1. The van der Waals surface area contributed by atoms with Crippen LogP contribution in [0.2, 0.25) is 0 Å². The van der Waals surface area contributed by atoms with Gasteiger partial charge in [0.05, 0.1) is 11.7 Å². The highest BCUT2D eigenvalue weighted by Gasteiger charge is 2.72. The van der Waals surface area contributed by atoms with Gasteiger partial charge in [0.25, 0.3) is 0 Å². The molecule has 1 heterocycles. The van der Waals surface area contributed by atoms with Gasteiger partial charge in [-0.15, -0.1) is 0 Å². The molecule has 3 saturated carbocycles. The Morgan fingerprint density at radius 1 is 1.18 bits per heavy atom. The minimum Gasteiger partial charge on any atom is -0.366 e.